The van der Waals surface area contributed by atoms with E-state index in [1.165, 1.54) is 12.5 Å². The van der Waals surface area contributed by atoms with Crippen LogP contribution in [0.25, 0.3) is 11.2 Å². The molecule has 3 N–H and O–H groups in total. The number of hydrogen-bond donors (Lipinski definition) is 3. The normalized spacial score (nSPS) is 9.83. The van der Waals surface area contributed by atoms with Crippen LogP contribution in [0.4, 0.5) is 0 Å². The third kappa shape index (κ3) is 2.67. The lowest BCUT2D eigenvalue weighted by Crippen LogP contribution is -2.22. The van der Waals surface area contributed by atoms with Crippen molar-refractivity contribution in [2.45, 2.75) is 6.92 Å². The number of imidazole rings is 1. The summed E-state index contributed by atoms with van der Waals surface area (Å²) in [5, 5.41) is 0. The van der Waals surface area contributed by atoms with Gasteiger partial charge in [-0.15, -0.1) is 0 Å². The van der Waals surface area contributed by atoms with E-state index in [4.69, 9.17) is 0 Å². The number of rotatable bonds is 0. The van der Waals surface area contributed by atoms with E-state index in [0.717, 1.165) is 5.52 Å². The fourth-order valence-corrected chi connectivity index (χ4v) is 1.17. The van der Waals surface area contributed by atoms with Crippen LogP contribution < -0.4 is 11.2 Å². The highest BCUT2D eigenvalue weighted by Crippen LogP contribution is 1.99. The van der Waals surface area contributed by atoms with Crippen molar-refractivity contribution in [1.29, 1.82) is 0 Å². The molecule has 18 heavy (non-hydrogen) atoms. The topological polar surface area (TPSA) is 120 Å². The second-order valence-electron chi connectivity index (χ2n) is 3.42. The van der Waals surface area contributed by atoms with Gasteiger partial charge in [0.1, 0.15) is 11.8 Å². The fraction of sp³-hybridized carbons (Fsp3) is 0.100. The lowest BCUT2D eigenvalue weighted by molar-refractivity contribution is 1.01. The van der Waals surface area contributed by atoms with Gasteiger partial charge in [0, 0.05) is 11.8 Å². The van der Waals surface area contributed by atoms with E-state index in [1.54, 1.807) is 19.4 Å². The van der Waals surface area contributed by atoms with Crippen molar-refractivity contribution < 1.29 is 0 Å². The first kappa shape index (κ1) is 11.7. The van der Waals surface area contributed by atoms with Crippen LogP contribution >= 0.6 is 0 Å². The highest BCUT2D eigenvalue weighted by atomic mass is 16.2. The maximum absolute atomic E-state index is 10.6. The number of nitrogens with zero attached hydrogens (tertiary/aromatic N) is 3. The maximum Gasteiger partial charge on any atom is 0.325 e. The average Bonchev–Trinajstić information content (AvgIpc) is 2.83. The molecule has 0 aromatic carbocycles. The third-order valence-corrected chi connectivity index (χ3v) is 2.10. The summed E-state index contributed by atoms with van der Waals surface area (Å²) in [6.45, 7) is 1.62. The van der Waals surface area contributed by atoms with Gasteiger partial charge in [0.05, 0.1) is 12.5 Å². The van der Waals surface area contributed by atoms with Gasteiger partial charge in [-0.3, -0.25) is 9.78 Å². The van der Waals surface area contributed by atoms with Crippen molar-refractivity contribution in [3.05, 3.63) is 51.4 Å². The summed E-state index contributed by atoms with van der Waals surface area (Å²) in [6.07, 6.45) is 6.14. The Morgan fingerprint density at radius 2 is 2.00 bits per heavy atom. The molecule has 3 aromatic rings. The van der Waals surface area contributed by atoms with Crippen molar-refractivity contribution in [3.63, 3.8) is 0 Å². The number of aromatic nitrogens is 6. The van der Waals surface area contributed by atoms with Gasteiger partial charge < -0.3 is 9.97 Å². The second kappa shape index (κ2) is 5.04. The molecule has 3 aromatic heterocycles. The molecule has 0 radical (unpaired) electrons. The lowest BCUT2D eigenvalue weighted by atomic mass is 10.4. The summed E-state index contributed by atoms with van der Waals surface area (Å²) in [7, 11) is 0. The minimum atomic E-state index is -0.467. The zero-order valence-corrected chi connectivity index (χ0v) is 9.47. The minimum Gasteiger partial charge on any atom is -0.342 e. The number of nitrogens with one attached hydrogen (secondary N) is 3. The first-order valence-electron chi connectivity index (χ1n) is 5.04. The summed E-state index contributed by atoms with van der Waals surface area (Å²) in [4.78, 5) is 39.8. The molecule has 0 aliphatic carbocycles. The van der Waals surface area contributed by atoms with E-state index in [-0.39, 0.29) is 5.56 Å². The maximum atomic E-state index is 10.6. The lowest BCUT2D eigenvalue weighted by Gasteiger charge is -1.84. The third-order valence-electron chi connectivity index (χ3n) is 2.10. The van der Waals surface area contributed by atoms with Crippen LogP contribution in [-0.2, 0) is 0 Å². The van der Waals surface area contributed by atoms with Crippen LogP contribution in [0.1, 0.15) is 5.56 Å². The molecule has 0 aliphatic heterocycles. The molecule has 3 heterocycles. The Bertz CT molecular complexity index is 726. The first-order valence-corrected chi connectivity index (χ1v) is 5.04. The number of aryl methyl sites for hydroxylation is 1. The van der Waals surface area contributed by atoms with Gasteiger partial charge in [0.2, 0.25) is 0 Å². The van der Waals surface area contributed by atoms with Gasteiger partial charge in [-0.05, 0) is 6.92 Å². The van der Waals surface area contributed by atoms with Gasteiger partial charge in [-0.1, -0.05) is 0 Å². The van der Waals surface area contributed by atoms with Crippen molar-refractivity contribution in [1.82, 2.24) is 29.9 Å². The van der Waals surface area contributed by atoms with Crippen molar-refractivity contribution in [2.75, 3.05) is 0 Å². The Balaban J connectivity index is 0.000000134. The highest BCUT2D eigenvalue weighted by molar-refractivity contribution is 5.67. The van der Waals surface area contributed by atoms with Crippen molar-refractivity contribution >= 4 is 11.2 Å². The van der Waals surface area contributed by atoms with Gasteiger partial charge in [-0.25, -0.2) is 19.7 Å². The molecule has 0 unspecified atom stereocenters. The predicted octanol–water partition coefficient (Wildman–Crippen LogP) is -0.275. The summed E-state index contributed by atoms with van der Waals surface area (Å²) < 4.78 is 0. The predicted molar refractivity (Wildman–Crippen MR) is 64.1 cm³/mol. The fourth-order valence-electron chi connectivity index (χ4n) is 1.17. The number of aromatic amines is 3. The van der Waals surface area contributed by atoms with Gasteiger partial charge in [-0.2, -0.15) is 0 Å². The van der Waals surface area contributed by atoms with E-state index < -0.39 is 5.69 Å². The molecule has 0 aliphatic rings. The average molecular weight is 246 g/mol. The Hall–Kier alpha value is -2.77. The molecule has 0 atom stereocenters. The molecule has 0 fully saturated rings. The molecule has 0 amide bonds. The van der Waals surface area contributed by atoms with Crippen LogP contribution in [0.5, 0.6) is 0 Å². The summed E-state index contributed by atoms with van der Waals surface area (Å²) >= 11 is 0. The quantitative estimate of drug-likeness (QED) is 0.504. The van der Waals surface area contributed by atoms with Crippen LogP contribution in [-0.4, -0.2) is 29.9 Å². The van der Waals surface area contributed by atoms with Crippen LogP contribution in [0.15, 0.2) is 34.6 Å². The molecule has 8 heteroatoms. The van der Waals surface area contributed by atoms with E-state index >= 15 is 0 Å². The van der Waals surface area contributed by atoms with Crippen LogP contribution in [0.2, 0.25) is 0 Å². The summed E-state index contributed by atoms with van der Waals surface area (Å²) in [6, 6.07) is 0. The van der Waals surface area contributed by atoms with Gasteiger partial charge >= 0.3 is 5.69 Å². The Labute approximate surface area is 100 Å². The molecule has 0 spiro atoms. The van der Waals surface area contributed by atoms with E-state index in [1.807, 2.05) is 0 Å². The molecule has 3 rings (SSSR count). The number of fused-ring (bicyclic) bond motifs is 1. The second-order valence-corrected chi connectivity index (χ2v) is 3.42. The van der Waals surface area contributed by atoms with Crippen LogP contribution in [0.3, 0.4) is 0 Å². The molecule has 0 saturated carbocycles. The smallest absolute Gasteiger partial charge is 0.325 e. The summed E-state index contributed by atoms with van der Waals surface area (Å²) in [5.41, 5.74) is 1.29. The number of hydrogen-bond acceptors (Lipinski definition) is 5. The zero-order chi connectivity index (χ0) is 13.0. The van der Waals surface area contributed by atoms with Crippen molar-refractivity contribution in [2.24, 2.45) is 0 Å². The highest BCUT2D eigenvalue weighted by Gasteiger charge is 1.91. The Kier molecular flexibility index (Phi) is 3.28. The van der Waals surface area contributed by atoms with E-state index in [0.29, 0.717) is 11.2 Å². The molecule has 92 valence electrons. The monoisotopic (exact) mass is 246 g/mol. The Morgan fingerprint density at radius 3 is 2.67 bits per heavy atom. The zero-order valence-electron chi connectivity index (χ0n) is 9.47. The molecular weight excluding hydrogens is 236 g/mol. The summed E-state index contributed by atoms with van der Waals surface area (Å²) in [5.74, 6) is 0. The molecule has 0 saturated heterocycles. The largest absolute Gasteiger partial charge is 0.342 e. The SMILES string of the molecule is Cc1c[nH]c(=O)[nH]c1=O.c1ncc2[nH]cnc2n1. The van der Waals surface area contributed by atoms with Crippen molar-refractivity contribution in [3.8, 4) is 0 Å². The van der Waals surface area contributed by atoms with Gasteiger partial charge in [0.25, 0.3) is 5.56 Å². The standard InChI is InChI=1S/C5H4N4.C5H6N2O2/c1-4-5(8-2-6-1)9-3-7-4;1-3-2-6-5(9)7-4(3)8/h1-3H,(H,6,7,8,9);2H,1H3,(H2,6,7,8,9). The van der Waals surface area contributed by atoms with E-state index in [2.05, 4.69) is 29.9 Å². The minimum absolute atomic E-state index is 0.334. The van der Waals surface area contributed by atoms with Crippen LogP contribution in [0, 0.1) is 6.92 Å². The Morgan fingerprint density at radius 1 is 1.17 bits per heavy atom. The molecule has 0 bridgehead atoms. The molecular formula is C10H10N6O2. The van der Waals surface area contributed by atoms with Gasteiger partial charge in [0.15, 0.2) is 5.65 Å². The molecule has 8 nitrogen and oxygen atoms in total. The first-order chi connectivity index (χ1) is 8.66. The van der Waals surface area contributed by atoms with E-state index in [9.17, 15) is 9.59 Å². The number of H-pyrrole nitrogens is 3.